The zero-order valence-electron chi connectivity index (χ0n) is 13.0. The molecular weight excluding hydrogens is 300 g/mol. The minimum Gasteiger partial charge on any atom is -0.388 e. The fourth-order valence-electron chi connectivity index (χ4n) is 4.58. The summed E-state index contributed by atoms with van der Waals surface area (Å²) in [7, 11) is 0. The first-order valence-corrected chi connectivity index (χ1v) is 9.21. The van der Waals surface area contributed by atoms with E-state index in [1.165, 1.54) is 37.4 Å². The highest BCUT2D eigenvalue weighted by Crippen LogP contribution is 2.48. The Hall–Kier alpha value is -0.590. The van der Waals surface area contributed by atoms with Crippen molar-refractivity contribution in [3.8, 4) is 0 Å². The fraction of sp³-hybridized carbons (Fsp3) is 0.875. The maximum absolute atomic E-state index is 12.5. The Balaban J connectivity index is 1.46. The van der Waals surface area contributed by atoms with Crippen LogP contribution in [0.3, 0.4) is 0 Å². The number of nitrogens with zero attached hydrogens (tertiary/aromatic N) is 1. The molecule has 4 atom stereocenters. The van der Waals surface area contributed by atoms with Crippen molar-refractivity contribution < 1.29 is 14.6 Å². The van der Waals surface area contributed by atoms with Crippen molar-refractivity contribution in [2.45, 2.75) is 61.8 Å². The summed E-state index contributed by atoms with van der Waals surface area (Å²) in [6.45, 7) is 2.86. The summed E-state index contributed by atoms with van der Waals surface area (Å²) >= 11 is 1.42. The molecule has 2 heterocycles. The summed E-state index contributed by atoms with van der Waals surface area (Å²) in [5.41, 5.74) is -1.02. The average molecular weight is 324 g/mol. The maximum atomic E-state index is 12.5. The van der Waals surface area contributed by atoms with Crippen molar-refractivity contribution in [3.05, 3.63) is 0 Å². The lowest BCUT2D eigenvalue weighted by Gasteiger charge is -2.42. The van der Waals surface area contributed by atoms with Gasteiger partial charge >= 0.3 is 0 Å². The van der Waals surface area contributed by atoms with E-state index < -0.39 is 10.3 Å². The van der Waals surface area contributed by atoms with Crippen LogP contribution in [0.5, 0.6) is 0 Å². The standard InChI is InChI=1S/C16H24N2O3S/c1-15(16(20)4-6-21-7-5-16)13(19)18-14(22-15)17-12-9-10-2-3-11(12)8-10/h10-12,20H,2-9H2,1H3,(H,17,18,19)/t10-,11?,12+,15?/m1/s1. The minimum atomic E-state index is -1.02. The highest BCUT2D eigenvalue weighted by Gasteiger charge is 2.57. The lowest BCUT2D eigenvalue weighted by Crippen LogP contribution is -2.56. The summed E-state index contributed by atoms with van der Waals surface area (Å²) in [6.07, 6.45) is 6.18. The maximum Gasteiger partial charge on any atom is 0.267 e. The summed E-state index contributed by atoms with van der Waals surface area (Å²) in [5, 5.41) is 15.2. The second kappa shape index (κ2) is 5.21. The number of carbonyl (C=O) groups excluding carboxylic acids is 1. The molecule has 0 aromatic rings. The van der Waals surface area contributed by atoms with Crippen LogP contribution < -0.4 is 5.32 Å². The molecule has 6 heteroatoms. The molecule has 0 spiro atoms. The highest BCUT2D eigenvalue weighted by molar-refractivity contribution is 8.16. The van der Waals surface area contributed by atoms with Gasteiger partial charge in [0.15, 0.2) is 5.17 Å². The number of hydrogen-bond acceptors (Lipinski definition) is 5. The molecule has 2 unspecified atom stereocenters. The second-order valence-corrected chi connectivity index (χ2v) is 8.83. The first-order chi connectivity index (χ1) is 10.5. The largest absolute Gasteiger partial charge is 0.388 e. The summed E-state index contributed by atoms with van der Waals surface area (Å²) in [6, 6.07) is 0.462. The SMILES string of the molecule is CC1(C2(O)CCOCC2)SC(N[C@H]2C[C@@H]3CCC2C3)=NC1=O. The van der Waals surface area contributed by atoms with Crippen molar-refractivity contribution in [1.29, 1.82) is 0 Å². The van der Waals surface area contributed by atoms with Gasteiger partial charge in [0.1, 0.15) is 4.75 Å². The molecule has 0 radical (unpaired) electrons. The lowest BCUT2D eigenvalue weighted by atomic mass is 9.81. The van der Waals surface area contributed by atoms with E-state index in [0.29, 0.717) is 37.3 Å². The van der Waals surface area contributed by atoms with E-state index in [2.05, 4.69) is 10.3 Å². The van der Waals surface area contributed by atoms with Crippen molar-refractivity contribution in [2.75, 3.05) is 13.2 Å². The van der Waals surface area contributed by atoms with Crippen molar-refractivity contribution in [3.63, 3.8) is 0 Å². The van der Waals surface area contributed by atoms with Gasteiger partial charge in [-0.25, -0.2) is 0 Å². The first-order valence-electron chi connectivity index (χ1n) is 8.39. The fourth-order valence-corrected chi connectivity index (χ4v) is 5.83. The van der Waals surface area contributed by atoms with Crippen LogP contribution in [0.25, 0.3) is 0 Å². The number of aliphatic imine (C=N–C) groups is 1. The number of ether oxygens (including phenoxy) is 1. The van der Waals surface area contributed by atoms with Crippen molar-refractivity contribution in [2.24, 2.45) is 16.8 Å². The van der Waals surface area contributed by atoms with Crippen LogP contribution in [0.2, 0.25) is 0 Å². The number of fused-ring (bicyclic) bond motifs is 2. The van der Waals surface area contributed by atoms with Gasteiger partial charge in [-0.05, 0) is 38.0 Å². The minimum absolute atomic E-state index is 0.201. The molecule has 2 saturated carbocycles. The molecule has 2 aliphatic carbocycles. The number of amides is 1. The molecule has 2 aliphatic heterocycles. The van der Waals surface area contributed by atoms with Gasteiger partial charge in [0.25, 0.3) is 5.91 Å². The Morgan fingerprint density at radius 2 is 2.09 bits per heavy atom. The molecule has 3 fully saturated rings. The molecule has 0 aromatic heterocycles. The van der Waals surface area contributed by atoms with Crippen molar-refractivity contribution in [1.82, 2.24) is 5.32 Å². The monoisotopic (exact) mass is 324 g/mol. The Kier molecular flexibility index (Phi) is 3.55. The van der Waals surface area contributed by atoms with Gasteiger partial charge in [-0.15, -0.1) is 0 Å². The normalized spacial score (nSPS) is 43.5. The van der Waals surface area contributed by atoms with Crippen LogP contribution in [-0.2, 0) is 9.53 Å². The molecule has 0 aromatic carbocycles. The summed E-state index contributed by atoms with van der Waals surface area (Å²) in [4.78, 5) is 16.7. The highest BCUT2D eigenvalue weighted by atomic mass is 32.2. The predicted molar refractivity (Wildman–Crippen MR) is 85.8 cm³/mol. The van der Waals surface area contributed by atoms with Gasteiger partial charge in [0.2, 0.25) is 0 Å². The average Bonchev–Trinajstić information content (AvgIpc) is 3.16. The van der Waals surface area contributed by atoms with E-state index in [1.54, 1.807) is 0 Å². The van der Waals surface area contributed by atoms with Crippen LogP contribution in [0.1, 0.15) is 45.4 Å². The van der Waals surface area contributed by atoms with E-state index in [1.807, 2.05) is 6.92 Å². The van der Waals surface area contributed by atoms with Crippen LogP contribution in [-0.4, -0.2) is 45.8 Å². The third-order valence-electron chi connectivity index (χ3n) is 6.17. The lowest BCUT2D eigenvalue weighted by molar-refractivity contribution is -0.133. The molecule has 5 nitrogen and oxygen atoms in total. The van der Waals surface area contributed by atoms with E-state index in [-0.39, 0.29) is 5.91 Å². The van der Waals surface area contributed by atoms with Crippen LogP contribution in [0.4, 0.5) is 0 Å². The van der Waals surface area contributed by atoms with Gasteiger partial charge in [-0.3, -0.25) is 4.79 Å². The number of amidine groups is 1. The smallest absolute Gasteiger partial charge is 0.267 e. The number of thioether (sulfide) groups is 1. The summed E-state index contributed by atoms with van der Waals surface area (Å²) in [5.74, 6) is 1.39. The molecule has 1 saturated heterocycles. The Morgan fingerprint density at radius 1 is 1.32 bits per heavy atom. The van der Waals surface area contributed by atoms with Gasteiger partial charge in [-0.1, -0.05) is 18.2 Å². The van der Waals surface area contributed by atoms with Gasteiger partial charge in [-0.2, -0.15) is 4.99 Å². The third-order valence-corrected chi connectivity index (χ3v) is 7.53. The predicted octanol–water partition coefficient (Wildman–Crippen LogP) is 1.69. The van der Waals surface area contributed by atoms with E-state index in [4.69, 9.17) is 4.74 Å². The zero-order valence-corrected chi connectivity index (χ0v) is 13.8. The zero-order chi connectivity index (χ0) is 15.4. The molecule has 4 rings (SSSR count). The Morgan fingerprint density at radius 3 is 2.73 bits per heavy atom. The van der Waals surface area contributed by atoms with Gasteiger partial charge < -0.3 is 15.2 Å². The number of nitrogens with one attached hydrogen (secondary N) is 1. The topological polar surface area (TPSA) is 70.9 Å². The molecule has 4 aliphatic rings. The number of carbonyl (C=O) groups is 1. The number of aliphatic hydroxyl groups is 1. The Labute approximate surface area is 135 Å². The van der Waals surface area contributed by atoms with Crippen LogP contribution >= 0.6 is 11.8 Å². The third kappa shape index (κ3) is 2.22. The van der Waals surface area contributed by atoms with Crippen molar-refractivity contribution >= 4 is 22.8 Å². The van der Waals surface area contributed by atoms with Crippen LogP contribution in [0, 0.1) is 11.8 Å². The van der Waals surface area contributed by atoms with E-state index >= 15 is 0 Å². The summed E-state index contributed by atoms with van der Waals surface area (Å²) < 4.78 is 4.46. The molecule has 122 valence electrons. The van der Waals surface area contributed by atoms with Crippen LogP contribution in [0.15, 0.2) is 4.99 Å². The van der Waals surface area contributed by atoms with E-state index in [0.717, 1.165) is 11.8 Å². The molecule has 1 amide bonds. The number of hydrogen-bond donors (Lipinski definition) is 2. The molecular formula is C16H24N2O3S. The molecule has 2 N–H and O–H groups in total. The van der Waals surface area contributed by atoms with E-state index in [9.17, 15) is 9.90 Å². The van der Waals surface area contributed by atoms with Gasteiger partial charge in [0, 0.05) is 32.1 Å². The molecule has 22 heavy (non-hydrogen) atoms. The van der Waals surface area contributed by atoms with Gasteiger partial charge in [0.05, 0.1) is 5.60 Å². The quantitative estimate of drug-likeness (QED) is 0.809. The first kappa shape index (κ1) is 15.0. The number of rotatable bonds is 2. The Bertz CT molecular complexity index is 518. The molecule has 2 bridgehead atoms. The second-order valence-electron chi connectivity index (χ2n) is 7.43.